The minimum atomic E-state index is -0.780. The van der Waals surface area contributed by atoms with Crippen LogP contribution in [-0.4, -0.2) is 35.4 Å². The number of hydrogen-bond donors (Lipinski definition) is 4. The summed E-state index contributed by atoms with van der Waals surface area (Å²) in [4.78, 5) is 37.3. The minimum absolute atomic E-state index is 0.0522. The van der Waals surface area contributed by atoms with Gasteiger partial charge in [0.2, 0.25) is 5.91 Å². The van der Waals surface area contributed by atoms with E-state index in [1.165, 1.54) is 0 Å². The number of carbonyl (C=O) groups is 3. The van der Waals surface area contributed by atoms with E-state index in [0.29, 0.717) is 13.0 Å². The van der Waals surface area contributed by atoms with E-state index in [4.69, 9.17) is 0 Å². The van der Waals surface area contributed by atoms with Crippen LogP contribution in [0.2, 0.25) is 0 Å². The quantitative estimate of drug-likeness (QED) is 0.594. The van der Waals surface area contributed by atoms with E-state index in [1.807, 2.05) is 42.6 Å². The molecule has 0 spiro atoms. The van der Waals surface area contributed by atoms with Gasteiger partial charge in [-0.05, 0) is 29.7 Å². The molecule has 24 heavy (non-hydrogen) atoms. The van der Waals surface area contributed by atoms with Crippen molar-refractivity contribution in [3.05, 3.63) is 48.2 Å². The van der Waals surface area contributed by atoms with Crippen LogP contribution in [0.5, 0.6) is 0 Å². The molecule has 7 nitrogen and oxygen atoms in total. The van der Waals surface area contributed by atoms with E-state index >= 15 is 0 Å². The highest BCUT2D eigenvalue weighted by atomic mass is 16.2. The second-order valence-corrected chi connectivity index (χ2v) is 5.60. The van der Waals surface area contributed by atoms with Crippen LogP contribution in [0.3, 0.4) is 0 Å². The predicted octanol–water partition coefficient (Wildman–Crippen LogP) is 0.938. The van der Waals surface area contributed by atoms with Crippen LogP contribution in [-0.2, 0) is 16.0 Å². The molecule has 0 radical (unpaired) electrons. The lowest BCUT2D eigenvalue weighted by Gasteiger charge is -2.08. The van der Waals surface area contributed by atoms with Gasteiger partial charge in [-0.25, -0.2) is 4.79 Å². The number of H-pyrrole nitrogens is 1. The summed E-state index contributed by atoms with van der Waals surface area (Å²) in [5, 5.41) is 7.26. The van der Waals surface area contributed by atoms with Crippen LogP contribution in [0.15, 0.2) is 42.6 Å². The van der Waals surface area contributed by atoms with Gasteiger partial charge in [0.25, 0.3) is 5.91 Å². The van der Waals surface area contributed by atoms with E-state index in [-0.39, 0.29) is 12.3 Å². The number of imide groups is 1. The third-order valence-electron chi connectivity index (χ3n) is 3.85. The molecular formula is C17H18N4O3. The summed E-state index contributed by atoms with van der Waals surface area (Å²) in [5.74, 6) is -0.726. The zero-order valence-electron chi connectivity index (χ0n) is 13.0. The first kappa shape index (κ1) is 15.8. The van der Waals surface area contributed by atoms with E-state index in [0.717, 1.165) is 16.8 Å². The molecular weight excluding hydrogens is 308 g/mol. The van der Waals surface area contributed by atoms with Gasteiger partial charge in [0, 0.05) is 18.4 Å². The minimum Gasteiger partial charge on any atom is -0.361 e. The Morgan fingerprint density at radius 2 is 1.92 bits per heavy atom. The van der Waals surface area contributed by atoms with Crippen molar-refractivity contribution in [3.63, 3.8) is 0 Å². The first-order valence-corrected chi connectivity index (χ1v) is 7.72. The monoisotopic (exact) mass is 326 g/mol. The molecule has 4 N–H and O–H groups in total. The largest absolute Gasteiger partial charge is 0.361 e. The number of aromatic nitrogens is 1. The average molecular weight is 326 g/mol. The highest BCUT2D eigenvalue weighted by Gasteiger charge is 2.30. The Morgan fingerprint density at radius 3 is 2.54 bits per heavy atom. The summed E-state index contributed by atoms with van der Waals surface area (Å²) in [6.45, 7) is 0.475. The Morgan fingerprint density at radius 1 is 1.12 bits per heavy atom. The zero-order valence-corrected chi connectivity index (χ0v) is 13.0. The Bertz CT molecular complexity index is 738. The van der Waals surface area contributed by atoms with E-state index in [2.05, 4.69) is 20.9 Å². The van der Waals surface area contributed by atoms with Crippen molar-refractivity contribution in [2.75, 3.05) is 6.54 Å². The molecule has 3 rings (SSSR count). The van der Waals surface area contributed by atoms with Crippen molar-refractivity contribution < 1.29 is 14.4 Å². The van der Waals surface area contributed by atoms with Crippen LogP contribution < -0.4 is 16.0 Å². The lowest BCUT2D eigenvalue weighted by atomic mass is 10.1. The van der Waals surface area contributed by atoms with E-state index < -0.39 is 18.0 Å². The third kappa shape index (κ3) is 3.81. The number of aromatic amines is 1. The van der Waals surface area contributed by atoms with Crippen LogP contribution in [0, 0.1) is 0 Å². The Balaban J connectivity index is 1.44. The molecule has 1 aliphatic heterocycles. The molecule has 2 heterocycles. The summed E-state index contributed by atoms with van der Waals surface area (Å²) in [5.41, 5.74) is 3.28. The number of carbonyl (C=O) groups excluding carboxylic acids is 3. The molecule has 7 heteroatoms. The zero-order chi connectivity index (χ0) is 16.9. The van der Waals surface area contributed by atoms with Gasteiger partial charge in [0.1, 0.15) is 6.04 Å². The molecule has 1 atom stereocenters. The van der Waals surface area contributed by atoms with Gasteiger partial charge in [-0.3, -0.25) is 14.9 Å². The molecule has 1 aliphatic rings. The number of amides is 4. The lowest BCUT2D eigenvalue weighted by Crippen LogP contribution is -2.36. The van der Waals surface area contributed by atoms with Crippen LogP contribution in [0.1, 0.15) is 12.0 Å². The Hall–Kier alpha value is -3.09. The van der Waals surface area contributed by atoms with Crippen molar-refractivity contribution in [3.8, 4) is 11.3 Å². The fraction of sp³-hybridized carbons (Fsp3) is 0.235. The summed E-state index contributed by atoms with van der Waals surface area (Å²) in [7, 11) is 0. The highest BCUT2D eigenvalue weighted by molar-refractivity contribution is 6.05. The van der Waals surface area contributed by atoms with Gasteiger partial charge in [0.15, 0.2) is 0 Å². The van der Waals surface area contributed by atoms with Crippen molar-refractivity contribution in [1.82, 2.24) is 20.9 Å². The van der Waals surface area contributed by atoms with Crippen LogP contribution >= 0.6 is 0 Å². The van der Waals surface area contributed by atoms with Crippen molar-refractivity contribution in [2.45, 2.75) is 18.9 Å². The molecule has 1 aromatic carbocycles. The smallest absolute Gasteiger partial charge is 0.322 e. The molecule has 0 saturated carbocycles. The molecule has 1 unspecified atom stereocenters. The van der Waals surface area contributed by atoms with E-state index in [9.17, 15) is 14.4 Å². The predicted molar refractivity (Wildman–Crippen MR) is 88.0 cm³/mol. The highest BCUT2D eigenvalue weighted by Crippen LogP contribution is 2.17. The summed E-state index contributed by atoms with van der Waals surface area (Å²) >= 11 is 0. The van der Waals surface area contributed by atoms with Crippen LogP contribution in [0.25, 0.3) is 11.3 Å². The van der Waals surface area contributed by atoms with Crippen molar-refractivity contribution in [1.29, 1.82) is 0 Å². The lowest BCUT2D eigenvalue weighted by molar-refractivity contribution is -0.126. The first-order chi connectivity index (χ1) is 11.6. The number of hydrogen-bond acceptors (Lipinski definition) is 3. The number of benzene rings is 1. The maximum absolute atomic E-state index is 11.8. The maximum Gasteiger partial charge on any atom is 0.322 e. The van der Waals surface area contributed by atoms with Gasteiger partial charge in [-0.15, -0.1) is 0 Å². The molecule has 1 fully saturated rings. The fourth-order valence-electron chi connectivity index (χ4n) is 2.57. The van der Waals surface area contributed by atoms with Gasteiger partial charge >= 0.3 is 6.03 Å². The molecule has 1 aromatic heterocycles. The van der Waals surface area contributed by atoms with Gasteiger partial charge in [0.05, 0.1) is 6.42 Å². The fourth-order valence-corrected chi connectivity index (χ4v) is 2.57. The van der Waals surface area contributed by atoms with Crippen LogP contribution in [0.4, 0.5) is 4.79 Å². The van der Waals surface area contributed by atoms with Crippen molar-refractivity contribution in [2.24, 2.45) is 0 Å². The molecule has 2 aromatic rings. The number of nitrogens with one attached hydrogen (secondary N) is 4. The summed E-state index contributed by atoms with van der Waals surface area (Å²) in [6.07, 6.45) is 2.52. The molecule has 124 valence electrons. The summed E-state index contributed by atoms with van der Waals surface area (Å²) in [6, 6.07) is 10.7. The number of urea groups is 1. The Kier molecular flexibility index (Phi) is 4.60. The second-order valence-electron chi connectivity index (χ2n) is 5.60. The SMILES string of the molecule is O=C(CC1NC(=O)NC1=O)NCCc1ccc(-c2ccc[nH]2)cc1. The summed E-state index contributed by atoms with van der Waals surface area (Å²) < 4.78 is 0. The average Bonchev–Trinajstić information content (AvgIpc) is 3.18. The second kappa shape index (κ2) is 6.99. The molecule has 1 saturated heterocycles. The third-order valence-corrected chi connectivity index (χ3v) is 3.85. The maximum atomic E-state index is 11.8. The topological polar surface area (TPSA) is 103 Å². The molecule has 0 bridgehead atoms. The van der Waals surface area contributed by atoms with Gasteiger partial charge < -0.3 is 15.6 Å². The number of rotatable bonds is 6. The van der Waals surface area contributed by atoms with Crippen molar-refractivity contribution >= 4 is 17.8 Å². The normalized spacial score (nSPS) is 16.6. The van der Waals surface area contributed by atoms with Gasteiger partial charge in [-0.1, -0.05) is 24.3 Å². The molecule has 0 aliphatic carbocycles. The van der Waals surface area contributed by atoms with Gasteiger partial charge in [-0.2, -0.15) is 0 Å². The Labute approximate surface area is 138 Å². The molecule has 4 amide bonds. The first-order valence-electron chi connectivity index (χ1n) is 7.72. The standard InChI is InChI=1S/C17H18N4O3/c22-15(10-14-16(23)21-17(24)20-14)19-9-7-11-3-5-12(6-4-11)13-2-1-8-18-13/h1-6,8,14,18H,7,9-10H2,(H,19,22)(H2,20,21,23,24). The van der Waals surface area contributed by atoms with E-state index in [1.54, 1.807) is 0 Å².